The number of alkyl carbamates (subject to hydrolysis) is 1. The van der Waals surface area contributed by atoms with Crippen LogP contribution in [0.25, 0.3) is 22.5 Å². The zero-order valence-corrected chi connectivity index (χ0v) is 38.3. The molecule has 0 unspecified atom stereocenters. The normalized spacial score (nSPS) is 17.5. The van der Waals surface area contributed by atoms with Crippen molar-refractivity contribution >= 4 is 35.6 Å². The number of hydrogen-bond donors (Lipinski definition) is 5. The Bertz CT molecular complexity index is 2250. The summed E-state index contributed by atoms with van der Waals surface area (Å²) in [4.78, 5) is 67.6. The highest BCUT2D eigenvalue weighted by atomic mass is 16.6. The smallest absolute Gasteiger partial charge is 0.410 e. The van der Waals surface area contributed by atoms with Gasteiger partial charge in [-0.2, -0.15) is 5.21 Å². The van der Waals surface area contributed by atoms with Crippen LogP contribution in [-0.4, -0.2) is 98.4 Å². The Hall–Kier alpha value is -6.32. The summed E-state index contributed by atoms with van der Waals surface area (Å²) in [5, 5.41) is 26.1. The lowest BCUT2D eigenvalue weighted by atomic mass is 9.81. The summed E-state index contributed by atoms with van der Waals surface area (Å²) in [5.74, 6) is -0.279. The molecule has 16 nitrogen and oxygen atoms in total. The number of H-pyrrole nitrogens is 1. The van der Waals surface area contributed by atoms with Gasteiger partial charge in [-0.25, -0.2) is 9.59 Å². The number of aromatic nitrogens is 4. The molecular formula is C48H63N9O7. The van der Waals surface area contributed by atoms with E-state index >= 15 is 0 Å². The monoisotopic (exact) mass is 877 g/mol. The Kier molecular flexibility index (Phi) is 15.1. The second-order valence-corrected chi connectivity index (χ2v) is 19.0. The molecule has 1 saturated heterocycles. The van der Waals surface area contributed by atoms with Crippen LogP contribution in [0.2, 0.25) is 0 Å². The molecule has 0 radical (unpaired) electrons. The first kappa shape index (κ1) is 47.2. The van der Waals surface area contributed by atoms with E-state index < -0.39 is 23.3 Å². The van der Waals surface area contributed by atoms with Crippen molar-refractivity contribution in [2.75, 3.05) is 25.0 Å². The molecule has 64 heavy (non-hydrogen) atoms. The van der Waals surface area contributed by atoms with E-state index in [-0.39, 0.29) is 48.1 Å². The summed E-state index contributed by atoms with van der Waals surface area (Å²) >= 11 is 0. The Morgan fingerprint density at radius 2 is 1.42 bits per heavy atom. The first-order chi connectivity index (χ1) is 30.3. The maximum Gasteiger partial charge on any atom is 0.410 e. The number of piperidine rings is 1. The van der Waals surface area contributed by atoms with Crippen molar-refractivity contribution < 1.29 is 33.4 Å². The van der Waals surface area contributed by atoms with Gasteiger partial charge in [-0.3, -0.25) is 14.4 Å². The number of amides is 5. The number of tetrazole rings is 1. The standard InChI is InChI=1S/C48H63N9O7/c1-29-30(2)39(43(59)50-37-23-25-57(26-24-37)46(62)64-48(6,7)8)22-21-38(29)33-13-9-31(10-14-33)27-40(44(60)51-36-19-17-34(18-20-36)41-53-55-56-54-41)52-42(58)35-15-11-32(12-16-35)28-49-45(61)63-47(3,4)5/h9-10,13-14,17-22,32,35,37,40H,11-12,15-16,23-28H2,1-8H3,(H,49,61)(H,50,59)(H,51,60)(H,52,58)(H,53,54,55,56)/t32?,35?,40-/m0/s1. The van der Waals surface area contributed by atoms with Crippen molar-refractivity contribution in [2.45, 2.75) is 124 Å². The number of likely N-dealkylation sites (tertiary alicyclic amines) is 1. The summed E-state index contributed by atoms with van der Waals surface area (Å²) in [7, 11) is 0. The number of nitrogens with one attached hydrogen (secondary N) is 5. The molecule has 1 atom stereocenters. The number of hydrogen-bond acceptors (Lipinski definition) is 10. The number of carbonyl (C=O) groups excluding carboxylic acids is 5. The van der Waals surface area contributed by atoms with Gasteiger partial charge in [0, 0.05) is 54.8 Å². The van der Waals surface area contributed by atoms with E-state index in [1.165, 1.54) is 0 Å². The molecule has 6 rings (SSSR count). The van der Waals surface area contributed by atoms with Gasteiger partial charge >= 0.3 is 12.2 Å². The van der Waals surface area contributed by atoms with E-state index in [1.807, 2.05) is 91.8 Å². The maximum atomic E-state index is 13.9. The summed E-state index contributed by atoms with van der Waals surface area (Å²) in [5.41, 5.74) is 5.39. The van der Waals surface area contributed by atoms with Gasteiger partial charge in [0.05, 0.1) is 0 Å². The number of aromatic amines is 1. The number of carbonyl (C=O) groups is 5. The van der Waals surface area contributed by atoms with Crippen molar-refractivity contribution in [1.29, 1.82) is 0 Å². The third-order valence-electron chi connectivity index (χ3n) is 11.8. The molecule has 0 bridgehead atoms. The Balaban J connectivity index is 1.09. The van der Waals surface area contributed by atoms with Gasteiger partial charge in [0.25, 0.3) is 5.91 Å². The second-order valence-electron chi connectivity index (χ2n) is 19.0. The number of nitrogens with zero attached hydrogens (tertiary/aromatic N) is 4. The number of rotatable bonds is 12. The van der Waals surface area contributed by atoms with Crippen LogP contribution < -0.4 is 21.3 Å². The van der Waals surface area contributed by atoms with E-state index in [0.717, 1.165) is 46.2 Å². The highest BCUT2D eigenvalue weighted by Gasteiger charge is 2.31. The molecule has 3 aromatic carbocycles. The summed E-state index contributed by atoms with van der Waals surface area (Å²) in [6, 6.07) is 17.9. The van der Waals surface area contributed by atoms with Crippen LogP contribution in [0.15, 0.2) is 60.7 Å². The molecule has 0 spiro atoms. The van der Waals surface area contributed by atoms with E-state index in [4.69, 9.17) is 9.47 Å². The maximum absolute atomic E-state index is 13.9. The fraction of sp³-hybridized carbons (Fsp3) is 0.500. The third-order valence-corrected chi connectivity index (χ3v) is 11.8. The second kappa shape index (κ2) is 20.5. The van der Waals surface area contributed by atoms with Crippen LogP contribution in [0, 0.1) is 25.7 Å². The molecule has 16 heteroatoms. The quantitative estimate of drug-likeness (QED) is 0.0961. The minimum atomic E-state index is -0.867. The molecule has 2 fully saturated rings. The SMILES string of the molecule is Cc1c(C(=O)NC2CCN(C(=O)OC(C)(C)C)CC2)ccc(-c2ccc(C[C@H](NC(=O)C3CCC(CNC(=O)OC(C)(C)C)CC3)C(=O)Nc3ccc(-c4nn[nH]n4)cc3)cc2)c1C. The molecule has 1 aromatic heterocycles. The van der Waals surface area contributed by atoms with Crippen molar-refractivity contribution in [3.05, 3.63) is 82.9 Å². The van der Waals surface area contributed by atoms with Gasteiger partial charge in [-0.05, 0) is 163 Å². The van der Waals surface area contributed by atoms with Gasteiger partial charge in [-0.1, -0.05) is 30.3 Å². The molecule has 5 amide bonds. The van der Waals surface area contributed by atoms with Crippen LogP contribution in [-0.2, 0) is 25.5 Å². The zero-order valence-electron chi connectivity index (χ0n) is 38.3. The average molecular weight is 878 g/mol. The van der Waals surface area contributed by atoms with E-state index in [2.05, 4.69) is 41.9 Å². The molecular weight excluding hydrogens is 815 g/mol. The molecule has 2 aliphatic rings. The highest BCUT2D eigenvalue weighted by Crippen LogP contribution is 2.31. The lowest BCUT2D eigenvalue weighted by Gasteiger charge is -2.33. The molecule has 1 saturated carbocycles. The number of benzene rings is 3. The zero-order chi connectivity index (χ0) is 46.2. The minimum absolute atomic E-state index is 0.0491. The first-order valence-corrected chi connectivity index (χ1v) is 22.2. The fourth-order valence-corrected chi connectivity index (χ4v) is 8.12. The van der Waals surface area contributed by atoms with Crippen molar-refractivity contribution in [1.82, 2.24) is 41.5 Å². The van der Waals surface area contributed by atoms with Crippen LogP contribution in [0.5, 0.6) is 0 Å². The van der Waals surface area contributed by atoms with E-state index in [9.17, 15) is 24.0 Å². The molecule has 1 aliphatic carbocycles. The largest absolute Gasteiger partial charge is 0.444 e. The van der Waals surface area contributed by atoms with Crippen molar-refractivity contribution in [2.24, 2.45) is 11.8 Å². The first-order valence-electron chi connectivity index (χ1n) is 22.2. The van der Waals surface area contributed by atoms with Gasteiger partial charge in [0.1, 0.15) is 17.2 Å². The van der Waals surface area contributed by atoms with Gasteiger partial charge in [0.2, 0.25) is 17.6 Å². The summed E-state index contributed by atoms with van der Waals surface area (Å²) in [6.45, 7) is 16.5. The number of anilines is 1. The molecule has 342 valence electrons. The Labute approximate surface area is 375 Å². The van der Waals surface area contributed by atoms with Gasteiger partial charge < -0.3 is 35.6 Å². The minimum Gasteiger partial charge on any atom is -0.444 e. The summed E-state index contributed by atoms with van der Waals surface area (Å²) < 4.78 is 10.9. The topological polar surface area (TPSA) is 210 Å². The number of ether oxygens (including phenoxy) is 2. The predicted octanol–water partition coefficient (Wildman–Crippen LogP) is 7.28. The average Bonchev–Trinajstić information content (AvgIpc) is 3.79. The van der Waals surface area contributed by atoms with Crippen LogP contribution in [0.1, 0.15) is 107 Å². The van der Waals surface area contributed by atoms with E-state index in [1.54, 1.807) is 29.2 Å². The third kappa shape index (κ3) is 13.1. The van der Waals surface area contributed by atoms with Crippen LogP contribution in [0.4, 0.5) is 15.3 Å². The predicted molar refractivity (Wildman–Crippen MR) is 243 cm³/mol. The molecule has 5 N–H and O–H groups in total. The fourth-order valence-electron chi connectivity index (χ4n) is 8.12. The highest BCUT2D eigenvalue weighted by molar-refractivity contribution is 5.98. The Morgan fingerprint density at radius 3 is 2.03 bits per heavy atom. The molecule has 1 aliphatic heterocycles. The van der Waals surface area contributed by atoms with Gasteiger partial charge in [-0.15, -0.1) is 10.2 Å². The van der Waals surface area contributed by atoms with Crippen molar-refractivity contribution in [3.63, 3.8) is 0 Å². The molecule has 4 aromatic rings. The van der Waals surface area contributed by atoms with Crippen LogP contribution >= 0.6 is 0 Å². The van der Waals surface area contributed by atoms with Crippen LogP contribution in [0.3, 0.4) is 0 Å². The lowest BCUT2D eigenvalue weighted by Crippen LogP contribution is -2.48. The Morgan fingerprint density at radius 1 is 0.781 bits per heavy atom. The summed E-state index contributed by atoms with van der Waals surface area (Å²) in [6.07, 6.45) is 3.57. The lowest BCUT2D eigenvalue weighted by molar-refractivity contribution is -0.130. The van der Waals surface area contributed by atoms with E-state index in [0.29, 0.717) is 62.4 Å². The van der Waals surface area contributed by atoms with Gasteiger partial charge in [0.15, 0.2) is 0 Å². The molecule has 2 heterocycles. The van der Waals surface area contributed by atoms with Crippen molar-refractivity contribution in [3.8, 4) is 22.5 Å².